The number of amides is 2. The van der Waals surface area contributed by atoms with E-state index < -0.39 is 17.1 Å². The first kappa shape index (κ1) is 20.6. The maximum Gasteiger partial charge on any atom is 0.266 e. The number of amidine groups is 1. The first-order valence-electron chi connectivity index (χ1n) is 8.00. The number of hydrogen-bond acceptors (Lipinski definition) is 7. The summed E-state index contributed by atoms with van der Waals surface area (Å²) in [6.07, 6.45) is 2.93. The number of Topliss-reactive ketones (excluding diaryl/α,β-unsaturated/α-hetero) is 1. The number of imide groups is 1. The van der Waals surface area contributed by atoms with Crippen molar-refractivity contribution < 1.29 is 19.6 Å². The number of hydrogen-bond donors (Lipinski definition) is 3. The molecule has 1 aliphatic heterocycles. The summed E-state index contributed by atoms with van der Waals surface area (Å²) in [5, 5.41) is 11.8. The van der Waals surface area contributed by atoms with Crippen LogP contribution in [0.2, 0.25) is 0 Å². The molecule has 0 aromatic heterocycles. The molecule has 0 aliphatic carbocycles. The molecule has 1 rings (SSSR count). The van der Waals surface area contributed by atoms with Gasteiger partial charge in [0.2, 0.25) is 0 Å². The highest BCUT2D eigenvalue weighted by Crippen LogP contribution is 2.24. The van der Waals surface area contributed by atoms with Gasteiger partial charge in [0, 0.05) is 13.0 Å². The molecule has 0 radical (unpaired) electrons. The van der Waals surface area contributed by atoms with Crippen LogP contribution in [0.3, 0.4) is 0 Å². The summed E-state index contributed by atoms with van der Waals surface area (Å²) in [5.74, 6) is 0.241. The van der Waals surface area contributed by atoms with Gasteiger partial charge in [0.05, 0.1) is 23.5 Å². The number of nitrogens with two attached hydrogens (primary N) is 1. The van der Waals surface area contributed by atoms with E-state index in [1.807, 2.05) is 0 Å². The van der Waals surface area contributed by atoms with Crippen LogP contribution in [0.25, 0.3) is 0 Å². The number of carbonyl (C=O) groups excluding carboxylic acids is 3. The van der Waals surface area contributed by atoms with Gasteiger partial charge in [-0.3, -0.25) is 24.6 Å². The molecule has 1 aliphatic rings. The predicted molar refractivity (Wildman–Crippen MR) is 93.0 cm³/mol. The molecule has 4 N–H and O–H groups in total. The number of ketones is 1. The Bertz CT molecular complexity index is 498. The second kappa shape index (κ2) is 10.4. The Kier molecular flexibility index (Phi) is 8.94. The quantitative estimate of drug-likeness (QED) is 0.160. The number of aliphatic imine (C=N–C) groups is 1. The standard InChI is InChI=1S/C15H26N4O4S/c1-10(20)11(17-2)5-3-7-18-13(16)6-4-8-24-12-9-14(21)19(23)15(12)22/h11-12,17,23H,3-9H2,1-2H3,(H2,16,18)/t11-,12?/m1/s1. The van der Waals surface area contributed by atoms with Gasteiger partial charge in [-0.1, -0.05) is 0 Å². The molecule has 0 aromatic rings. The zero-order valence-corrected chi connectivity index (χ0v) is 15.0. The lowest BCUT2D eigenvalue weighted by atomic mass is 10.1. The number of carbonyl (C=O) groups is 3. The zero-order valence-electron chi connectivity index (χ0n) is 14.2. The summed E-state index contributed by atoms with van der Waals surface area (Å²) in [7, 11) is 1.76. The SMILES string of the molecule is CN[C@H](CCCN=C(N)CCCSC1CC(=O)N(O)C1=O)C(C)=O. The van der Waals surface area contributed by atoms with Crippen LogP contribution in [0.15, 0.2) is 4.99 Å². The molecule has 1 saturated heterocycles. The predicted octanol–water partition coefficient (Wildman–Crippen LogP) is 0.331. The molecule has 136 valence electrons. The van der Waals surface area contributed by atoms with Gasteiger partial charge in [-0.05, 0) is 39.0 Å². The van der Waals surface area contributed by atoms with Crippen LogP contribution in [0.1, 0.15) is 39.0 Å². The van der Waals surface area contributed by atoms with Crippen molar-refractivity contribution in [3.63, 3.8) is 0 Å². The first-order valence-corrected chi connectivity index (χ1v) is 9.05. The molecule has 0 bridgehead atoms. The van der Waals surface area contributed by atoms with Gasteiger partial charge < -0.3 is 11.1 Å². The number of nitrogens with zero attached hydrogens (tertiary/aromatic N) is 2. The molecule has 2 atom stereocenters. The molecule has 0 saturated carbocycles. The van der Waals surface area contributed by atoms with Crippen molar-refractivity contribution in [2.45, 2.75) is 50.3 Å². The van der Waals surface area contributed by atoms with E-state index in [-0.39, 0.29) is 23.3 Å². The van der Waals surface area contributed by atoms with Crippen molar-refractivity contribution >= 4 is 35.2 Å². The van der Waals surface area contributed by atoms with Crippen LogP contribution in [0.4, 0.5) is 0 Å². The zero-order chi connectivity index (χ0) is 18.1. The summed E-state index contributed by atoms with van der Waals surface area (Å²) < 4.78 is 0. The molecule has 8 nitrogen and oxygen atoms in total. The highest BCUT2D eigenvalue weighted by Gasteiger charge is 2.38. The van der Waals surface area contributed by atoms with Gasteiger partial charge in [0.15, 0.2) is 0 Å². The largest absolute Gasteiger partial charge is 0.387 e. The smallest absolute Gasteiger partial charge is 0.266 e. The van der Waals surface area contributed by atoms with Crippen molar-refractivity contribution in [2.75, 3.05) is 19.3 Å². The van der Waals surface area contributed by atoms with E-state index in [0.29, 0.717) is 24.6 Å². The van der Waals surface area contributed by atoms with Gasteiger partial charge in [0.1, 0.15) is 5.78 Å². The van der Waals surface area contributed by atoms with E-state index in [9.17, 15) is 14.4 Å². The minimum Gasteiger partial charge on any atom is -0.387 e. The molecule has 1 fully saturated rings. The third-order valence-electron chi connectivity index (χ3n) is 3.78. The van der Waals surface area contributed by atoms with Crippen LogP contribution < -0.4 is 11.1 Å². The molecular weight excluding hydrogens is 332 g/mol. The average molecular weight is 358 g/mol. The Morgan fingerprint density at radius 1 is 1.50 bits per heavy atom. The summed E-state index contributed by atoms with van der Waals surface area (Å²) in [6, 6.07) is -0.129. The Balaban J connectivity index is 2.15. The normalized spacial score (nSPS) is 19.9. The third-order valence-corrected chi connectivity index (χ3v) is 5.08. The molecule has 24 heavy (non-hydrogen) atoms. The fourth-order valence-electron chi connectivity index (χ4n) is 2.35. The Morgan fingerprint density at radius 2 is 2.21 bits per heavy atom. The number of thioether (sulfide) groups is 1. The lowest BCUT2D eigenvalue weighted by molar-refractivity contribution is -0.170. The second-order valence-electron chi connectivity index (χ2n) is 5.68. The second-order valence-corrected chi connectivity index (χ2v) is 6.99. The van der Waals surface area contributed by atoms with Crippen molar-refractivity contribution in [1.29, 1.82) is 0 Å². The molecule has 0 aromatic carbocycles. The fourth-order valence-corrected chi connectivity index (χ4v) is 3.45. The molecule has 0 spiro atoms. The first-order chi connectivity index (χ1) is 11.4. The van der Waals surface area contributed by atoms with Gasteiger partial charge in [-0.25, -0.2) is 0 Å². The van der Waals surface area contributed by atoms with E-state index in [4.69, 9.17) is 10.9 Å². The number of hydroxylamine groups is 2. The van der Waals surface area contributed by atoms with E-state index in [2.05, 4.69) is 10.3 Å². The summed E-state index contributed by atoms with van der Waals surface area (Å²) in [5.41, 5.74) is 5.84. The lowest BCUT2D eigenvalue weighted by Crippen LogP contribution is -2.32. The molecule has 9 heteroatoms. The van der Waals surface area contributed by atoms with Crippen molar-refractivity contribution in [3.05, 3.63) is 0 Å². The van der Waals surface area contributed by atoms with Crippen molar-refractivity contribution in [1.82, 2.24) is 10.4 Å². The van der Waals surface area contributed by atoms with E-state index >= 15 is 0 Å². The molecule has 1 unspecified atom stereocenters. The van der Waals surface area contributed by atoms with Crippen LogP contribution in [0.5, 0.6) is 0 Å². The topological polar surface area (TPSA) is 125 Å². The summed E-state index contributed by atoms with van der Waals surface area (Å²) >= 11 is 1.35. The highest BCUT2D eigenvalue weighted by molar-refractivity contribution is 8.00. The van der Waals surface area contributed by atoms with E-state index in [0.717, 1.165) is 19.3 Å². The highest BCUT2D eigenvalue weighted by atomic mass is 32.2. The maximum atomic E-state index is 11.5. The number of nitrogens with one attached hydrogen (secondary N) is 1. The van der Waals surface area contributed by atoms with Crippen LogP contribution in [-0.4, -0.2) is 64.3 Å². The third kappa shape index (κ3) is 6.58. The van der Waals surface area contributed by atoms with Crippen molar-refractivity contribution in [3.8, 4) is 0 Å². The Labute approximate surface area is 146 Å². The summed E-state index contributed by atoms with van der Waals surface area (Å²) in [6.45, 7) is 2.15. The van der Waals surface area contributed by atoms with Gasteiger partial charge >= 0.3 is 0 Å². The fraction of sp³-hybridized carbons (Fsp3) is 0.733. The minimum absolute atomic E-state index is 0.0480. The monoisotopic (exact) mass is 358 g/mol. The molecular formula is C15H26N4O4S. The number of likely N-dealkylation sites (N-methyl/N-ethyl adjacent to an activating group) is 1. The Hall–Kier alpha value is -1.45. The van der Waals surface area contributed by atoms with Crippen LogP contribution >= 0.6 is 11.8 Å². The molecule has 2 amide bonds. The van der Waals surface area contributed by atoms with Gasteiger partial charge in [-0.2, -0.15) is 5.06 Å². The minimum atomic E-state index is -0.552. The van der Waals surface area contributed by atoms with Gasteiger partial charge in [-0.15, -0.1) is 11.8 Å². The van der Waals surface area contributed by atoms with Crippen LogP contribution in [0, 0.1) is 0 Å². The lowest BCUT2D eigenvalue weighted by Gasteiger charge is -2.11. The van der Waals surface area contributed by atoms with E-state index in [1.54, 1.807) is 14.0 Å². The van der Waals surface area contributed by atoms with E-state index in [1.165, 1.54) is 11.8 Å². The number of rotatable bonds is 11. The van der Waals surface area contributed by atoms with Crippen molar-refractivity contribution in [2.24, 2.45) is 10.7 Å². The summed E-state index contributed by atoms with van der Waals surface area (Å²) in [4.78, 5) is 38.2. The Morgan fingerprint density at radius 3 is 2.75 bits per heavy atom. The van der Waals surface area contributed by atoms with Gasteiger partial charge in [0.25, 0.3) is 11.8 Å². The molecule has 1 heterocycles. The average Bonchev–Trinajstić information content (AvgIpc) is 2.78. The maximum absolute atomic E-state index is 11.5. The van der Waals surface area contributed by atoms with Crippen LogP contribution in [-0.2, 0) is 14.4 Å².